The number of carbonyl (C=O) groups is 1. The van der Waals surface area contributed by atoms with Gasteiger partial charge in [0.15, 0.2) is 0 Å². The molecule has 0 spiro atoms. The second-order valence-electron chi connectivity index (χ2n) is 7.72. The number of nitrogens with zero attached hydrogens (tertiary/aromatic N) is 2. The molecule has 2 aromatic heterocycles. The molecule has 1 aromatic carbocycles. The number of rotatable bonds is 4. The molecule has 1 aliphatic rings. The fraction of sp³-hybridized carbons (Fsp3) is 0.409. The van der Waals surface area contributed by atoms with Gasteiger partial charge in [0.1, 0.15) is 11.4 Å². The number of hydrogen-bond acceptors (Lipinski definition) is 4. The maximum absolute atomic E-state index is 13.1. The molecule has 5 nitrogen and oxygen atoms in total. The molecule has 146 valence electrons. The highest BCUT2D eigenvalue weighted by atomic mass is 32.1. The van der Waals surface area contributed by atoms with Crippen molar-refractivity contribution in [1.82, 2.24) is 9.55 Å². The summed E-state index contributed by atoms with van der Waals surface area (Å²) in [4.78, 5) is 32.3. The van der Waals surface area contributed by atoms with Crippen LogP contribution in [-0.2, 0) is 30.6 Å². The van der Waals surface area contributed by atoms with E-state index in [1.165, 1.54) is 15.8 Å². The first-order chi connectivity index (χ1) is 13.5. The van der Waals surface area contributed by atoms with Crippen LogP contribution in [0, 0.1) is 12.8 Å². The minimum absolute atomic E-state index is 0.0275. The topological polar surface area (TPSA) is 64.0 Å². The largest absolute Gasteiger partial charge is 0.324 e. The zero-order valence-electron chi connectivity index (χ0n) is 16.5. The number of amides is 1. The van der Waals surface area contributed by atoms with Gasteiger partial charge in [-0.25, -0.2) is 4.98 Å². The van der Waals surface area contributed by atoms with Gasteiger partial charge in [-0.1, -0.05) is 32.0 Å². The number of aryl methyl sites for hydroxylation is 3. The molecule has 28 heavy (non-hydrogen) atoms. The third kappa shape index (κ3) is 3.37. The lowest BCUT2D eigenvalue weighted by Crippen LogP contribution is -2.28. The quantitative estimate of drug-likeness (QED) is 0.724. The van der Waals surface area contributed by atoms with E-state index in [0.717, 1.165) is 52.9 Å². The van der Waals surface area contributed by atoms with Gasteiger partial charge in [0.2, 0.25) is 5.91 Å². The van der Waals surface area contributed by atoms with E-state index < -0.39 is 0 Å². The average Bonchev–Trinajstić information content (AvgIpc) is 3.03. The van der Waals surface area contributed by atoms with Gasteiger partial charge in [-0.3, -0.25) is 14.2 Å². The van der Waals surface area contributed by atoms with Crippen molar-refractivity contribution in [3.63, 3.8) is 0 Å². The van der Waals surface area contributed by atoms with Crippen LogP contribution < -0.4 is 10.9 Å². The summed E-state index contributed by atoms with van der Waals surface area (Å²) < 4.78 is 1.44. The molecule has 0 bridgehead atoms. The van der Waals surface area contributed by atoms with Crippen molar-refractivity contribution in [2.24, 2.45) is 5.92 Å². The SMILES string of the molecule is CCc1cccc(C)c1NC(=O)Cn1cnc2sc3c(c2c1=O)CCC(C)C3. The van der Waals surface area contributed by atoms with Crippen LogP contribution in [0.5, 0.6) is 0 Å². The van der Waals surface area contributed by atoms with Crippen molar-refractivity contribution in [3.05, 3.63) is 56.4 Å². The van der Waals surface area contributed by atoms with Crippen molar-refractivity contribution in [3.8, 4) is 0 Å². The Morgan fingerprint density at radius 3 is 3.00 bits per heavy atom. The van der Waals surface area contributed by atoms with E-state index in [0.29, 0.717) is 11.3 Å². The van der Waals surface area contributed by atoms with E-state index in [2.05, 4.69) is 24.1 Å². The van der Waals surface area contributed by atoms with Gasteiger partial charge < -0.3 is 5.32 Å². The van der Waals surface area contributed by atoms with Crippen LogP contribution in [0.4, 0.5) is 5.69 Å². The van der Waals surface area contributed by atoms with Crippen molar-refractivity contribution >= 4 is 33.1 Å². The minimum atomic E-state index is -0.204. The second kappa shape index (κ2) is 7.51. The summed E-state index contributed by atoms with van der Waals surface area (Å²) in [6, 6.07) is 5.99. The molecule has 1 aliphatic carbocycles. The van der Waals surface area contributed by atoms with Crippen LogP contribution in [0.2, 0.25) is 0 Å². The normalized spacial score (nSPS) is 16.2. The third-order valence-corrected chi connectivity index (χ3v) is 6.76. The molecule has 0 saturated heterocycles. The summed E-state index contributed by atoms with van der Waals surface area (Å²) in [6.07, 6.45) is 5.38. The molecule has 2 heterocycles. The molecule has 3 aromatic rings. The van der Waals surface area contributed by atoms with E-state index in [1.807, 2.05) is 25.1 Å². The number of nitrogens with one attached hydrogen (secondary N) is 1. The number of para-hydroxylation sites is 1. The van der Waals surface area contributed by atoms with Gasteiger partial charge in [-0.15, -0.1) is 11.3 Å². The molecule has 1 atom stereocenters. The van der Waals surface area contributed by atoms with Crippen molar-refractivity contribution in [1.29, 1.82) is 0 Å². The molecule has 1 N–H and O–H groups in total. The number of fused-ring (bicyclic) bond motifs is 3. The first-order valence-corrected chi connectivity index (χ1v) is 10.7. The summed E-state index contributed by atoms with van der Waals surface area (Å²) in [6.45, 7) is 6.26. The van der Waals surface area contributed by atoms with Crippen LogP contribution in [0.1, 0.15) is 41.8 Å². The van der Waals surface area contributed by atoms with Gasteiger partial charge in [0.05, 0.1) is 11.7 Å². The monoisotopic (exact) mass is 395 g/mol. The molecule has 6 heteroatoms. The van der Waals surface area contributed by atoms with Crippen molar-refractivity contribution in [2.75, 3.05) is 5.32 Å². The number of benzene rings is 1. The number of aromatic nitrogens is 2. The zero-order chi connectivity index (χ0) is 19.8. The van der Waals surface area contributed by atoms with Crippen LogP contribution >= 0.6 is 11.3 Å². The Morgan fingerprint density at radius 1 is 1.39 bits per heavy atom. The molecule has 1 unspecified atom stereocenters. The highest BCUT2D eigenvalue weighted by molar-refractivity contribution is 7.18. The van der Waals surface area contributed by atoms with Crippen molar-refractivity contribution < 1.29 is 4.79 Å². The number of thiophene rings is 1. The van der Waals surface area contributed by atoms with Crippen LogP contribution in [0.25, 0.3) is 10.2 Å². The molecule has 0 saturated carbocycles. The van der Waals surface area contributed by atoms with Crippen LogP contribution in [0.15, 0.2) is 29.3 Å². The van der Waals surface area contributed by atoms with Gasteiger partial charge in [-0.05, 0) is 55.2 Å². The van der Waals surface area contributed by atoms with E-state index >= 15 is 0 Å². The van der Waals surface area contributed by atoms with Gasteiger partial charge in [0.25, 0.3) is 5.56 Å². The smallest absolute Gasteiger partial charge is 0.262 e. The lowest BCUT2D eigenvalue weighted by molar-refractivity contribution is -0.116. The molecule has 0 fully saturated rings. The summed E-state index contributed by atoms with van der Waals surface area (Å²) in [7, 11) is 0. The summed E-state index contributed by atoms with van der Waals surface area (Å²) in [5.41, 5.74) is 4.01. The Kier molecular flexibility index (Phi) is 5.06. The third-order valence-electron chi connectivity index (χ3n) is 5.60. The predicted molar refractivity (Wildman–Crippen MR) is 114 cm³/mol. The highest BCUT2D eigenvalue weighted by Gasteiger charge is 2.23. The predicted octanol–water partition coefficient (Wildman–Crippen LogP) is 4.09. The molecule has 0 radical (unpaired) electrons. The minimum Gasteiger partial charge on any atom is -0.324 e. The Morgan fingerprint density at radius 2 is 2.21 bits per heavy atom. The van der Waals surface area contributed by atoms with Gasteiger partial charge >= 0.3 is 0 Å². The molecule has 4 rings (SSSR count). The Hall–Kier alpha value is -2.47. The Bertz CT molecular complexity index is 1110. The summed E-state index contributed by atoms with van der Waals surface area (Å²) in [5.74, 6) is 0.445. The van der Waals surface area contributed by atoms with Gasteiger partial charge in [0, 0.05) is 10.6 Å². The van der Waals surface area contributed by atoms with Gasteiger partial charge in [-0.2, -0.15) is 0 Å². The zero-order valence-corrected chi connectivity index (χ0v) is 17.4. The standard InChI is InChI=1S/C22H25N3O2S/c1-4-15-7-5-6-14(3)20(15)24-18(26)11-25-12-23-21-19(22(25)27)16-9-8-13(2)10-17(16)28-21/h5-7,12-13H,4,8-11H2,1-3H3,(H,24,26). The molecule has 0 aliphatic heterocycles. The summed E-state index contributed by atoms with van der Waals surface area (Å²) >= 11 is 1.63. The van der Waals surface area contributed by atoms with Crippen LogP contribution in [0.3, 0.4) is 0 Å². The summed E-state index contributed by atoms with van der Waals surface area (Å²) in [5, 5.41) is 3.71. The molecular formula is C22H25N3O2S. The first kappa shape index (κ1) is 18.9. The average molecular weight is 396 g/mol. The van der Waals surface area contributed by atoms with Crippen LogP contribution in [-0.4, -0.2) is 15.5 Å². The van der Waals surface area contributed by atoms with E-state index in [9.17, 15) is 9.59 Å². The maximum Gasteiger partial charge on any atom is 0.262 e. The number of hydrogen-bond donors (Lipinski definition) is 1. The first-order valence-electron chi connectivity index (χ1n) is 9.86. The Balaban J connectivity index is 1.63. The Labute approximate surface area is 168 Å². The molecule has 1 amide bonds. The second-order valence-corrected chi connectivity index (χ2v) is 8.80. The van der Waals surface area contributed by atoms with E-state index in [1.54, 1.807) is 11.3 Å². The van der Waals surface area contributed by atoms with E-state index in [-0.39, 0.29) is 18.0 Å². The fourth-order valence-corrected chi connectivity index (χ4v) is 5.36. The molecular weight excluding hydrogens is 370 g/mol. The highest BCUT2D eigenvalue weighted by Crippen LogP contribution is 2.35. The van der Waals surface area contributed by atoms with E-state index in [4.69, 9.17) is 0 Å². The fourth-order valence-electron chi connectivity index (χ4n) is 4.01. The number of anilines is 1. The lowest BCUT2D eigenvalue weighted by Gasteiger charge is -2.17. The lowest BCUT2D eigenvalue weighted by atomic mass is 9.89. The van der Waals surface area contributed by atoms with Crippen molar-refractivity contribution in [2.45, 2.75) is 53.0 Å². The number of carbonyl (C=O) groups excluding carboxylic acids is 1. The maximum atomic E-state index is 13.1.